The number of rotatable bonds is 6. The van der Waals surface area contributed by atoms with E-state index in [0.29, 0.717) is 32.5 Å². The molecule has 1 fully saturated rings. The maximum absolute atomic E-state index is 13.2. The van der Waals surface area contributed by atoms with Gasteiger partial charge in [-0.05, 0) is 42.1 Å². The lowest BCUT2D eigenvalue weighted by atomic mass is 9.94. The summed E-state index contributed by atoms with van der Waals surface area (Å²) in [5.74, 6) is 0.946. The first-order chi connectivity index (χ1) is 16.8. The molecule has 1 saturated heterocycles. The van der Waals surface area contributed by atoms with Gasteiger partial charge in [-0.15, -0.1) is 0 Å². The standard InChI is InChI=1S/C23H23BCl2N6O2S/c24-17-14-29-32-21(28-13-15-3-2-8-27-12-15)11-20(30-23(17)32)16-6-9-31(10-7-16)35(33,34)22-18(25)4-1-5-19(22)26/h1-5,8,11-12,14,16,28H,6-7,9-10,13,24H2. The predicted octanol–water partition coefficient (Wildman–Crippen LogP) is 2.87. The Kier molecular flexibility index (Phi) is 6.72. The third kappa shape index (κ3) is 4.75. The molecule has 12 heteroatoms. The number of nitrogens with zero attached hydrogens (tertiary/aromatic N) is 5. The van der Waals surface area contributed by atoms with Crippen LogP contribution < -0.4 is 10.8 Å². The van der Waals surface area contributed by atoms with Gasteiger partial charge in [0.25, 0.3) is 0 Å². The molecule has 4 heterocycles. The predicted molar refractivity (Wildman–Crippen MR) is 140 cm³/mol. The lowest BCUT2D eigenvalue weighted by Gasteiger charge is -2.31. The Balaban J connectivity index is 1.37. The summed E-state index contributed by atoms with van der Waals surface area (Å²) >= 11 is 12.4. The highest BCUT2D eigenvalue weighted by Crippen LogP contribution is 2.35. The van der Waals surface area contributed by atoms with E-state index in [4.69, 9.17) is 28.2 Å². The molecule has 0 aliphatic carbocycles. The average Bonchev–Trinajstić information content (AvgIpc) is 3.24. The second kappa shape index (κ2) is 9.77. The first kappa shape index (κ1) is 24.1. The van der Waals surface area contributed by atoms with Gasteiger partial charge in [0, 0.05) is 55.9 Å². The van der Waals surface area contributed by atoms with E-state index < -0.39 is 10.0 Å². The zero-order valence-corrected chi connectivity index (χ0v) is 21.4. The summed E-state index contributed by atoms with van der Waals surface area (Å²) in [6, 6.07) is 10.6. The minimum atomic E-state index is -3.79. The van der Waals surface area contributed by atoms with E-state index in [1.165, 1.54) is 4.31 Å². The van der Waals surface area contributed by atoms with Crippen molar-refractivity contribution in [3.05, 3.63) is 76.3 Å². The summed E-state index contributed by atoms with van der Waals surface area (Å²) in [6.45, 7) is 1.32. The number of aromatic nitrogens is 4. The van der Waals surface area contributed by atoms with E-state index in [1.54, 1.807) is 35.1 Å². The number of halogens is 2. The smallest absolute Gasteiger partial charge is 0.246 e. The quantitative estimate of drug-likeness (QED) is 0.387. The summed E-state index contributed by atoms with van der Waals surface area (Å²) in [4.78, 5) is 9.02. The molecule has 8 nitrogen and oxygen atoms in total. The van der Waals surface area contributed by atoms with Crippen LogP contribution in [-0.2, 0) is 16.6 Å². The van der Waals surface area contributed by atoms with Crippen LogP contribution in [0.15, 0.2) is 59.9 Å². The molecule has 0 unspecified atom stereocenters. The normalized spacial score (nSPS) is 15.5. The van der Waals surface area contributed by atoms with E-state index in [-0.39, 0.29) is 20.9 Å². The lowest BCUT2D eigenvalue weighted by Crippen LogP contribution is -2.38. The molecule has 1 aliphatic rings. The fourth-order valence-electron chi connectivity index (χ4n) is 4.37. The van der Waals surface area contributed by atoms with E-state index in [9.17, 15) is 8.42 Å². The maximum atomic E-state index is 13.2. The molecule has 0 bridgehead atoms. The van der Waals surface area contributed by atoms with Crippen molar-refractivity contribution in [3.8, 4) is 0 Å². The Morgan fingerprint density at radius 3 is 2.51 bits per heavy atom. The monoisotopic (exact) mass is 528 g/mol. The molecule has 3 aromatic heterocycles. The van der Waals surface area contributed by atoms with Gasteiger partial charge < -0.3 is 5.32 Å². The summed E-state index contributed by atoms with van der Waals surface area (Å²) in [5, 5.41) is 8.19. The molecule has 4 aromatic rings. The van der Waals surface area contributed by atoms with Gasteiger partial charge in [0.1, 0.15) is 18.6 Å². The molecular weight excluding hydrogens is 506 g/mol. The van der Waals surface area contributed by atoms with Crippen LogP contribution >= 0.6 is 23.2 Å². The van der Waals surface area contributed by atoms with Crippen molar-refractivity contribution in [1.82, 2.24) is 23.9 Å². The lowest BCUT2D eigenvalue weighted by molar-refractivity contribution is 0.317. The topological polar surface area (TPSA) is 92.5 Å². The number of fused-ring (bicyclic) bond motifs is 1. The summed E-state index contributed by atoms with van der Waals surface area (Å²) < 4.78 is 29.7. The van der Waals surface area contributed by atoms with Crippen LogP contribution in [0.1, 0.15) is 30.0 Å². The van der Waals surface area contributed by atoms with E-state index in [1.807, 2.05) is 32.2 Å². The van der Waals surface area contributed by atoms with Crippen LogP contribution in [-0.4, -0.2) is 53.2 Å². The Bertz CT molecular complexity index is 1450. The number of benzene rings is 1. The molecule has 0 radical (unpaired) electrons. The minimum absolute atomic E-state index is 0.0295. The van der Waals surface area contributed by atoms with Crippen LogP contribution in [0, 0.1) is 0 Å². The number of piperidine rings is 1. The van der Waals surface area contributed by atoms with Crippen LogP contribution in [0.2, 0.25) is 10.0 Å². The van der Waals surface area contributed by atoms with Crippen molar-refractivity contribution in [2.24, 2.45) is 0 Å². The molecule has 1 aromatic carbocycles. The summed E-state index contributed by atoms with van der Waals surface area (Å²) in [6.07, 6.45) is 6.64. The van der Waals surface area contributed by atoms with E-state index in [0.717, 1.165) is 28.2 Å². The Labute approximate surface area is 214 Å². The highest BCUT2D eigenvalue weighted by molar-refractivity contribution is 7.89. The molecule has 0 atom stereocenters. The molecule has 0 spiro atoms. The molecule has 5 rings (SSSR count). The largest absolute Gasteiger partial charge is 0.366 e. The second-order valence-corrected chi connectivity index (χ2v) is 11.3. The highest BCUT2D eigenvalue weighted by atomic mass is 35.5. The van der Waals surface area contributed by atoms with Crippen LogP contribution in [0.25, 0.3) is 5.65 Å². The number of hydrogen-bond acceptors (Lipinski definition) is 6. The molecule has 0 saturated carbocycles. The number of pyridine rings is 1. The molecular formula is C23H23BCl2N6O2S. The van der Waals surface area contributed by atoms with Gasteiger partial charge in [-0.3, -0.25) is 4.98 Å². The van der Waals surface area contributed by atoms with Crippen LogP contribution in [0.4, 0.5) is 5.82 Å². The fraction of sp³-hybridized carbons (Fsp3) is 0.261. The van der Waals surface area contributed by atoms with Gasteiger partial charge in [-0.2, -0.15) is 13.9 Å². The van der Waals surface area contributed by atoms with Crippen molar-refractivity contribution in [1.29, 1.82) is 0 Å². The molecule has 1 aliphatic heterocycles. The van der Waals surface area contributed by atoms with Crippen molar-refractivity contribution in [2.75, 3.05) is 18.4 Å². The minimum Gasteiger partial charge on any atom is -0.366 e. The average molecular weight is 529 g/mol. The third-order valence-electron chi connectivity index (χ3n) is 6.25. The van der Waals surface area contributed by atoms with Crippen molar-refractivity contribution in [3.63, 3.8) is 0 Å². The highest BCUT2D eigenvalue weighted by Gasteiger charge is 2.33. The number of sulfonamides is 1. The van der Waals surface area contributed by atoms with E-state index >= 15 is 0 Å². The number of hydrogen-bond donors (Lipinski definition) is 1. The molecule has 1 N–H and O–H groups in total. The van der Waals surface area contributed by atoms with Gasteiger partial charge in [0.2, 0.25) is 10.0 Å². The van der Waals surface area contributed by atoms with Crippen molar-refractivity contribution in [2.45, 2.75) is 30.2 Å². The fourth-order valence-corrected chi connectivity index (χ4v) is 6.93. The molecule has 35 heavy (non-hydrogen) atoms. The zero-order chi connectivity index (χ0) is 24.6. The van der Waals surface area contributed by atoms with Crippen LogP contribution in [0.5, 0.6) is 0 Å². The van der Waals surface area contributed by atoms with Gasteiger partial charge in [0.15, 0.2) is 5.65 Å². The first-order valence-corrected chi connectivity index (χ1v) is 13.5. The van der Waals surface area contributed by atoms with Crippen molar-refractivity contribution >= 4 is 58.0 Å². The second-order valence-electron chi connectivity index (χ2n) is 8.57. The van der Waals surface area contributed by atoms with Gasteiger partial charge in [0.05, 0.1) is 10.0 Å². The molecule has 180 valence electrons. The third-order valence-corrected chi connectivity index (χ3v) is 9.11. The Hall–Kier alpha value is -2.66. The van der Waals surface area contributed by atoms with Gasteiger partial charge in [-0.1, -0.05) is 35.3 Å². The van der Waals surface area contributed by atoms with E-state index in [2.05, 4.69) is 15.4 Å². The first-order valence-electron chi connectivity index (χ1n) is 11.3. The summed E-state index contributed by atoms with van der Waals surface area (Å²) in [5.41, 5.74) is 3.74. The Morgan fingerprint density at radius 2 is 1.83 bits per heavy atom. The summed E-state index contributed by atoms with van der Waals surface area (Å²) in [7, 11) is -1.81. The Morgan fingerprint density at radius 1 is 1.09 bits per heavy atom. The number of nitrogens with one attached hydrogen (secondary N) is 1. The maximum Gasteiger partial charge on any atom is 0.246 e. The zero-order valence-electron chi connectivity index (χ0n) is 19.0. The van der Waals surface area contributed by atoms with Crippen molar-refractivity contribution < 1.29 is 8.42 Å². The SMILES string of the molecule is Bc1cnn2c(NCc3cccnc3)cc(C3CCN(S(=O)(=O)c4c(Cl)cccc4Cl)CC3)nc12. The van der Waals surface area contributed by atoms with Gasteiger partial charge >= 0.3 is 0 Å². The molecule has 0 amide bonds. The number of anilines is 1. The van der Waals surface area contributed by atoms with Crippen LogP contribution in [0.3, 0.4) is 0 Å². The van der Waals surface area contributed by atoms with Gasteiger partial charge in [-0.25, -0.2) is 13.4 Å².